The van der Waals surface area contributed by atoms with Gasteiger partial charge in [-0.1, -0.05) is 113 Å². The molecule has 0 fully saturated rings. The van der Waals surface area contributed by atoms with Gasteiger partial charge in [-0.2, -0.15) is 21.0 Å². The molecule has 55 heavy (non-hydrogen) atoms. The number of hydrogen-bond acceptors (Lipinski definition) is 7. The molecule has 0 saturated carbocycles. The molecule has 0 unspecified atom stereocenters. The third-order valence-electron chi connectivity index (χ3n) is 11.6. The van der Waals surface area contributed by atoms with Crippen LogP contribution in [0.25, 0.3) is 44.2 Å². The van der Waals surface area contributed by atoms with Crippen LogP contribution in [-0.4, -0.2) is 11.6 Å². The van der Waals surface area contributed by atoms with Crippen LogP contribution in [0, 0.1) is 45.3 Å². The first-order valence-corrected chi connectivity index (χ1v) is 18.6. The summed E-state index contributed by atoms with van der Waals surface area (Å²) in [6.07, 6.45) is 3.61. The highest BCUT2D eigenvalue weighted by atomic mass is 32.1. The molecular weight excluding hydrogens is 697 g/mol. The van der Waals surface area contributed by atoms with Gasteiger partial charge in [-0.25, -0.2) is 0 Å². The van der Waals surface area contributed by atoms with Gasteiger partial charge in [0.2, 0.25) is 0 Å². The fourth-order valence-corrected chi connectivity index (χ4v) is 10.7. The number of ketones is 2. The van der Waals surface area contributed by atoms with Crippen molar-refractivity contribution < 1.29 is 9.59 Å². The number of rotatable bonds is 2. The first-order valence-electron chi connectivity index (χ1n) is 17.7. The summed E-state index contributed by atoms with van der Waals surface area (Å²) in [5.74, 6) is -0.408. The highest BCUT2D eigenvalue weighted by Crippen LogP contribution is 2.63. The molecule has 0 saturated heterocycles. The Morgan fingerprint density at radius 3 is 1.25 bits per heavy atom. The molecule has 0 bridgehead atoms. The van der Waals surface area contributed by atoms with Gasteiger partial charge in [-0.3, -0.25) is 9.59 Å². The van der Waals surface area contributed by atoms with Crippen LogP contribution in [0.3, 0.4) is 0 Å². The molecule has 4 aliphatic carbocycles. The summed E-state index contributed by atoms with van der Waals surface area (Å²) in [7, 11) is 0. The molecule has 0 atom stereocenters. The van der Waals surface area contributed by atoms with Crippen molar-refractivity contribution in [1.29, 1.82) is 21.0 Å². The Bertz CT molecular complexity index is 2770. The minimum Gasteiger partial charge on any atom is -0.289 e. The maximum atomic E-state index is 13.6. The van der Waals surface area contributed by atoms with Crippen LogP contribution < -0.4 is 0 Å². The van der Waals surface area contributed by atoms with Crippen molar-refractivity contribution in [3.63, 3.8) is 0 Å². The van der Waals surface area contributed by atoms with Gasteiger partial charge < -0.3 is 0 Å². The average molecular weight is 725 g/mol. The molecular formula is C48H28N4O2S. The molecule has 7 heteroatoms. The molecule has 9 rings (SSSR count). The van der Waals surface area contributed by atoms with Gasteiger partial charge in [0.1, 0.15) is 35.4 Å². The molecule has 4 aromatic carbocycles. The lowest BCUT2D eigenvalue weighted by Gasteiger charge is -2.29. The van der Waals surface area contributed by atoms with Gasteiger partial charge in [-0.15, -0.1) is 11.3 Å². The van der Waals surface area contributed by atoms with Crippen molar-refractivity contribution in [1.82, 2.24) is 0 Å². The van der Waals surface area contributed by atoms with Gasteiger partial charge in [0.25, 0.3) is 0 Å². The van der Waals surface area contributed by atoms with E-state index in [2.05, 4.69) is 52.0 Å². The number of allylic oxidation sites excluding steroid dienone is 6. The summed E-state index contributed by atoms with van der Waals surface area (Å²) in [4.78, 5) is 29.7. The number of nitrogens with zero attached hydrogens (tertiary/aromatic N) is 4. The highest BCUT2D eigenvalue weighted by molar-refractivity contribution is 7.19. The lowest BCUT2D eigenvalue weighted by molar-refractivity contribution is 0.103. The van der Waals surface area contributed by atoms with Crippen LogP contribution >= 0.6 is 11.3 Å². The molecule has 1 heterocycles. The number of fused-ring (bicyclic) bond motifs is 9. The van der Waals surface area contributed by atoms with E-state index in [-0.39, 0.29) is 33.5 Å². The second-order valence-electron chi connectivity index (χ2n) is 15.2. The summed E-state index contributed by atoms with van der Waals surface area (Å²) in [6.45, 7) is 8.95. The SMILES string of the molecule is CC1(C)c2cc(/C=C3\C(=O)c4ccccc4C3=C(C#N)C#N)ccc2-c2sc3c(c21)C(C)(C)c1cc(/C=C2\C(=O)c4ccccc4C2=C(C#N)C#N)ccc1-3. The second kappa shape index (κ2) is 11.7. The van der Waals surface area contributed by atoms with Gasteiger partial charge in [0.05, 0.1) is 0 Å². The summed E-state index contributed by atoms with van der Waals surface area (Å²) < 4.78 is 0. The van der Waals surface area contributed by atoms with Crippen molar-refractivity contribution in [3.8, 4) is 45.2 Å². The van der Waals surface area contributed by atoms with E-state index in [0.29, 0.717) is 44.5 Å². The molecule has 5 aromatic rings. The lowest BCUT2D eigenvalue weighted by atomic mass is 9.73. The molecule has 4 aliphatic rings. The Morgan fingerprint density at radius 2 is 0.891 bits per heavy atom. The number of nitriles is 4. The van der Waals surface area contributed by atoms with E-state index in [4.69, 9.17) is 0 Å². The van der Waals surface area contributed by atoms with Crippen LogP contribution in [0.15, 0.2) is 107 Å². The zero-order valence-corrected chi connectivity index (χ0v) is 31.1. The maximum Gasteiger partial charge on any atom is 0.194 e. The fraction of sp³-hybridized carbons (Fsp3) is 0.125. The van der Waals surface area contributed by atoms with Crippen molar-refractivity contribution in [2.24, 2.45) is 0 Å². The number of benzene rings is 4. The fourth-order valence-electron chi connectivity index (χ4n) is 9.03. The number of hydrogen-bond donors (Lipinski definition) is 0. The first-order chi connectivity index (χ1) is 26.5. The van der Waals surface area contributed by atoms with Crippen LogP contribution in [0.1, 0.15) is 92.9 Å². The molecule has 0 N–H and O–H groups in total. The lowest BCUT2D eigenvalue weighted by Crippen LogP contribution is -2.23. The molecule has 0 radical (unpaired) electrons. The molecule has 0 amide bonds. The summed E-state index contributed by atoms with van der Waals surface area (Å²) in [5, 5.41) is 39.2. The Labute approximate surface area is 322 Å². The monoisotopic (exact) mass is 724 g/mol. The van der Waals surface area contributed by atoms with E-state index < -0.39 is 0 Å². The minimum atomic E-state index is -0.383. The van der Waals surface area contributed by atoms with Crippen molar-refractivity contribution in [3.05, 3.63) is 163 Å². The quantitative estimate of drug-likeness (QED) is 0.132. The second-order valence-corrected chi connectivity index (χ2v) is 16.2. The van der Waals surface area contributed by atoms with E-state index in [0.717, 1.165) is 33.4 Å². The van der Waals surface area contributed by atoms with Gasteiger partial charge >= 0.3 is 0 Å². The average Bonchev–Trinajstić information content (AvgIpc) is 3.91. The third kappa shape index (κ3) is 4.49. The van der Waals surface area contributed by atoms with Gasteiger partial charge in [0, 0.05) is 54.0 Å². The summed E-state index contributed by atoms with van der Waals surface area (Å²) in [5.41, 5.74) is 11.4. The molecule has 0 aliphatic heterocycles. The zero-order valence-electron chi connectivity index (χ0n) is 30.3. The zero-order chi connectivity index (χ0) is 38.6. The number of carbonyl (C=O) groups is 2. The van der Waals surface area contributed by atoms with E-state index in [1.54, 1.807) is 72.0 Å². The summed E-state index contributed by atoms with van der Waals surface area (Å²) >= 11 is 1.78. The number of thiophene rings is 1. The van der Waals surface area contributed by atoms with Crippen LogP contribution in [0.2, 0.25) is 0 Å². The maximum absolute atomic E-state index is 13.6. The van der Waals surface area contributed by atoms with E-state index in [1.807, 2.05) is 36.4 Å². The standard InChI is InChI=1S/C48H28N4O2S/c1-47(2)37-19-25(17-35-39(27(21-49)22-50)29-9-5-7-11-31(29)43(35)53)13-15-33(37)45-41(47)42-46(55-45)34-16-14-26(20-38(34)48(42,3)4)18-36-40(28(23-51)24-52)30-10-6-8-12-32(30)44(36)54/h5-20H,1-4H3/b35-17-,36-18-. The minimum absolute atomic E-state index is 0.0872. The van der Waals surface area contributed by atoms with Crippen LogP contribution in [-0.2, 0) is 10.8 Å². The summed E-state index contributed by atoms with van der Waals surface area (Å²) in [6, 6.07) is 34.7. The first kappa shape index (κ1) is 33.7. The molecule has 258 valence electrons. The van der Waals surface area contributed by atoms with Gasteiger partial charge in [-0.05, 0) is 67.8 Å². The normalized spacial score (nSPS) is 17.4. The predicted molar refractivity (Wildman–Crippen MR) is 213 cm³/mol. The van der Waals surface area contributed by atoms with Crippen molar-refractivity contribution in [2.45, 2.75) is 38.5 Å². The van der Waals surface area contributed by atoms with E-state index in [9.17, 15) is 30.6 Å². The topological polar surface area (TPSA) is 129 Å². The number of carbonyl (C=O) groups excluding carboxylic acids is 2. The molecule has 1 aromatic heterocycles. The Kier molecular flexibility index (Phi) is 7.14. The Hall–Kier alpha value is -7.16. The Balaban J connectivity index is 1.12. The third-order valence-corrected chi connectivity index (χ3v) is 12.8. The predicted octanol–water partition coefficient (Wildman–Crippen LogP) is 10.5. The smallest absolute Gasteiger partial charge is 0.194 e. The van der Waals surface area contributed by atoms with Crippen molar-refractivity contribution in [2.75, 3.05) is 0 Å². The highest BCUT2D eigenvalue weighted by Gasteiger charge is 2.48. The molecule has 6 nitrogen and oxygen atoms in total. The largest absolute Gasteiger partial charge is 0.289 e. The number of Topliss-reactive ketones (excluding diaryl/α,β-unsaturated/α-hetero) is 2. The van der Waals surface area contributed by atoms with Crippen LogP contribution in [0.4, 0.5) is 0 Å². The van der Waals surface area contributed by atoms with Crippen LogP contribution in [0.5, 0.6) is 0 Å². The van der Waals surface area contributed by atoms with Crippen molar-refractivity contribution >= 4 is 46.2 Å². The van der Waals surface area contributed by atoms with E-state index >= 15 is 0 Å². The molecule has 0 spiro atoms. The Morgan fingerprint density at radius 1 is 0.527 bits per heavy atom. The van der Waals surface area contributed by atoms with Gasteiger partial charge in [0.15, 0.2) is 11.6 Å². The van der Waals surface area contributed by atoms with E-state index in [1.165, 1.54) is 20.9 Å².